The average molecular weight is 246 g/mol. The molecular formula is C15H18O3. The van der Waals surface area contributed by atoms with Crippen LogP contribution >= 0.6 is 0 Å². The van der Waals surface area contributed by atoms with E-state index in [2.05, 4.69) is 0 Å². The van der Waals surface area contributed by atoms with Crippen molar-refractivity contribution in [1.29, 1.82) is 0 Å². The third kappa shape index (κ3) is 3.44. The van der Waals surface area contributed by atoms with Crippen LogP contribution in [-0.2, 0) is 20.9 Å². The van der Waals surface area contributed by atoms with Crippen LogP contribution in [0.5, 0.6) is 0 Å². The van der Waals surface area contributed by atoms with Crippen molar-refractivity contribution in [2.45, 2.75) is 38.6 Å². The second-order valence-corrected chi connectivity index (χ2v) is 4.36. The van der Waals surface area contributed by atoms with Crippen molar-refractivity contribution >= 4 is 5.97 Å². The standard InChI is InChI=1S/C15H18O3/c1-2-6-13-9-10-14(15(16)18-13)17-11-12-7-4-3-5-8-12/h2-8,13-14H,9-11H2,1H3/b6-2+/t13-,14-/m0/s1. The molecule has 3 nitrogen and oxygen atoms in total. The minimum atomic E-state index is -0.424. The third-order valence-corrected chi connectivity index (χ3v) is 2.94. The highest BCUT2D eigenvalue weighted by atomic mass is 16.6. The first kappa shape index (κ1) is 12.8. The van der Waals surface area contributed by atoms with Gasteiger partial charge < -0.3 is 9.47 Å². The van der Waals surface area contributed by atoms with Crippen LogP contribution in [0.2, 0.25) is 0 Å². The molecular weight excluding hydrogens is 228 g/mol. The summed E-state index contributed by atoms with van der Waals surface area (Å²) in [6.45, 7) is 2.38. The van der Waals surface area contributed by atoms with Crippen molar-refractivity contribution in [1.82, 2.24) is 0 Å². The van der Waals surface area contributed by atoms with E-state index in [4.69, 9.17) is 9.47 Å². The fraction of sp³-hybridized carbons (Fsp3) is 0.400. The smallest absolute Gasteiger partial charge is 0.335 e. The molecule has 1 aliphatic heterocycles. The van der Waals surface area contributed by atoms with Gasteiger partial charge in [0.25, 0.3) is 0 Å². The number of allylic oxidation sites excluding steroid dienone is 1. The maximum atomic E-state index is 11.7. The molecule has 1 saturated heterocycles. The van der Waals surface area contributed by atoms with Crippen molar-refractivity contribution in [3.05, 3.63) is 48.0 Å². The van der Waals surface area contributed by atoms with E-state index in [0.29, 0.717) is 6.61 Å². The van der Waals surface area contributed by atoms with E-state index in [1.54, 1.807) is 0 Å². The Morgan fingerprint density at radius 3 is 2.78 bits per heavy atom. The Morgan fingerprint density at radius 1 is 1.33 bits per heavy atom. The minimum absolute atomic E-state index is 0.0842. The molecule has 0 aromatic heterocycles. The highest BCUT2D eigenvalue weighted by Crippen LogP contribution is 2.19. The van der Waals surface area contributed by atoms with E-state index in [0.717, 1.165) is 18.4 Å². The van der Waals surface area contributed by atoms with Gasteiger partial charge in [-0.2, -0.15) is 0 Å². The van der Waals surface area contributed by atoms with Crippen molar-refractivity contribution in [2.75, 3.05) is 0 Å². The lowest BCUT2D eigenvalue weighted by molar-refractivity contribution is -0.169. The first-order valence-corrected chi connectivity index (χ1v) is 6.28. The van der Waals surface area contributed by atoms with E-state index in [9.17, 15) is 4.79 Å². The van der Waals surface area contributed by atoms with Gasteiger partial charge in [-0.05, 0) is 31.4 Å². The first-order valence-electron chi connectivity index (χ1n) is 6.28. The van der Waals surface area contributed by atoms with Gasteiger partial charge in [0.05, 0.1) is 6.61 Å². The minimum Gasteiger partial charge on any atom is -0.456 e. The number of benzene rings is 1. The Kier molecular flexibility index (Phi) is 4.53. The van der Waals surface area contributed by atoms with Crippen molar-refractivity contribution in [3.8, 4) is 0 Å². The predicted molar refractivity (Wildman–Crippen MR) is 68.9 cm³/mol. The van der Waals surface area contributed by atoms with Crippen molar-refractivity contribution in [3.63, 3.8) is 0 Å². The molecule has 1 heterocycles. The van der Waals surface area contributed by atoms with Gasteiger partial charge in [0.1, 0.15) is 6.10 Å². The largest absolute Gasteiger partial charge is 0.456 e. The van der Waals surface area contributed by atoms with Crippen LogP contribution in [-0.4, -0.2) is 18.2 Å². The van der Waals surface area contributed by atoms with Crippen LogP contribution in [0, 0.1) is 0 Å². The number of rotatable bonds is 4. The highest BCUT2D eigenvalue weighted by molar-refractivity contribution is 5.75. The Labute approximate surface area is 107 Å². The van der Waals surface area contributed by atoms with Gasteiger partial charge in [-0.1, -0.05) is 36.4 Å². The number of carbonyl (C=O) groups excluding carboxylic acids is 1. The topological polar surface area (TPSA) is 35.5 Å². The Balaban J connectivity index is 1.83. The summed E-state index contributed by atoms with van der Waals surface area (Å²) in [7, 11) is 0. The number of ether oxygens (including phenoxy) is 2. The molecule has 2 rings (SSSR count). The van der Waals surface area contributed by atoms with E-state index < -0.39 is 6.10 Å². The predicted octanol–water partition coefficient (Wildman–Crippen LogP) is 2.85. The summed E-state index contributed by atoms with van der Waals surface area (Å²) in [5, 5.41) is 0. The lowest BCUT2D eigenvalue weighted by Crippen LogP contribution is -2.35. The van der Waals surface area contributed by atoms with E-state index in [-0.39, 0.29) is 12.1 Å². The number of hydrogen-bond donors (Lipinski definition) is 0. The molecule has 0 bridgehead atoms. The van der Waals surface area contributed by atoms with Gasteiger partial charge in [0.15, 0.2) is 6.10 Å². The summed E-state index contributed by atoms with van der Waals surface area (Å²) < 4.78 is 10.9. The summed E-state index contributed by atoms with van der Waals surface area (Å²) in [5.41, 5.74) is 1.07. The SMILES string of the molecule is C/C=C/[C@H]1CC[C@H](OCc2ccccc2)C(=O)O1. The van der Waals surface area contributed by atoms with Gasteiger partial charge in [-0.3, -0.25) is 0 Å². The van der Waals surface area contributed by atoms with Gasteiger partial charge in [0, 0.05) is 0 Å². The second kappa shape index (κ2) is 6.36. The van der Waals surface area contributed by atoms with Crippen LogP contribution in [0.3, 0.4) is 0 Å². The Bertz CT molecular complexity index is 411. The van der Waals surface area contributed by atoms with Crippen LogP contribution in [0.1, 0.15) is 25.3 Å². The molecule has 0 amide bonds. The number of cyclic esters (lactones) is 1. The van der Waals surface area contributed by atoms with Crippen LogP contribution in [0.25, 0.3) is 0 Å². The molecule has 1 aliphatic rings. The molecule has 1 fully saturated rings. The van der Waals surface area contributed by atoms with Crippen LogP contribution in [0.15, 0.2) is 42.5 Å². The van der Waals surface area contributed by atoms with Crippen LogP contribution < -0.4 is 0 Å². The lowest BCUT2D eigenvalue weighted by atomic mass is 10.1. The molecule has 0 saturated carbocycles. The monoisotopic (exact) mass is 246 g/mol. The van der Waals surface area contributed by atoms with Crippen molar-refractivity contribution in [2.24, 2.45) is 0 Å². The molecule has 1 aromatic carbocycles. The summed E-state index contributed by atoms with van der Waals surface area (Å²) in [4.78, 5) is 11.7. The Hall–Kier alpha value is -1.61. The quantitative estimate of drug-likeness (QED) is 0.605. The molecule has 0 aliphatic carbocycles. The zero-order valence-corrected chi connectivity index (χ0v) is 10.5. The summed E-state index contributed by atoms with van der Waals surface area (Å²) >= 11 is 0. The molecule has 0 spiro atoms. The molecule has 0 N–H and O–H groups in total. The molecule has 2 atom stereocenters. The summed E-state index contributed by atoms with van der Waals surface area (Å²) in [6.07, 6.45) is 4.86. The number of hydrogen-bond acceptors (Lipinski definition) is 3. The normalized spacial score (nSPS) is 24.2. The number of esters is 1. The van der Waals surface area contributed by atoms with E-state index >= 15 is 0 Å². The van der Waals surface area contributed by atoms with Crippen LogP contribution in [0.4, 0.5) is 0 Å². The van der Waals surface area contributed by atoms with Gasteiger partial charge in [-0.25, -0.2) is 4.79 Å². The average Bonchev–Trinajstić information content (AvgIpc) is 2.39. The molecule has 96 valence electrons. The molecule has 0 radical (unpaired) electrons. The van der Waals surface area contributed by atoms with Gasteiger partial charge in [-0.15, -0.1) is 0 Å². The van der Waals surface area contributed by atoms with Gasteiger partial charge in [0.2, 0.25) is 0 Å². The highest BCUT2D eigenvalue weighted by Gasteiger charge is 2.29. The lowest BCUT2D eigenvalue weighted by Gasteiger charge is -2.26. The molecule has 3 heteroatoms. The molecule has 1 aromatic rings. The zero-order valence-electron chi connectivity index (χ0n) is 10.5. The maximum absolute atomic E-state index is 11.7. The maximum Gasteiger partial charge on any atom is 0.335 e. The van der Waals surface area contributed by atoms with E-state index in [1.807, 2.05) is 49.4 Å². The fourth-order valence-corrected chi connectivity index (χ4v) is 1.99. The molecule has 18 heavy (non-hydrogen) atoms. The van der Waals surface area contributed by atoms with Crippen molar-refractivity contribution < 1.29 is 14.3 Å². The fourth-order valence-electron chi connectivity index (χ4n) is 1.99. The molecule has 0 unspecified atom stereocenters. The third-order valence-electron chi connectivity index (χ3n) is 2.94. The number of carbonyl (C=O) groups is 1. The van der Waals surface area contributed by atoms with Gasteiger partial charge >= 0.3 is 5.97 Å². The zero-order chi connectivity index (χ0) is 12.8. The second-order valence-electron chi connectivity index (χ2n) is 4.36. The first-order chi connectivity index (χ1) is 8.79. The Morgan fingerprint density at radius 2 is 2.11 bits per heavy atom. The summed E-state index contributed by atoms with van der Waals surface area (Å²) in [6, 6.07) is 9.84. The van der Waals surface area contributed by atoms with E-state index in [1.165, 1.54) is 0 Å². The summed E-state index contributed by atoms with van der Waals surface area (Å²) in [5.74, 6) is -0.250.